The highest BCUT2D eigenvalue weighted by molar-refractivity contribution is 8.01. The zero-order valence-corrected chi connectivity index (χ0v) is 16.5. The number of carbonyl (C=O) groups excluding carboxylic acids is 1. The van der Waals surface area contributed by atoms with Crippen LogP contribution in [0.25, 0.3) is 0 Å². The summed E-state index contributed by atoms with van der Waals surface area (Å²) in [6.45, 7) is 2.20. The number of aliphatic carboxylic acids is 1. The van der Waals surface area contributed by atoms with Gasteiger partial charge >= 0.3 is 12.1 Å². The van der Waals surface area contributed by atoms with Gasteiger partial charge in [-0.25, -0.2) is 4.79 Å². The summed E-state index contributed by atoms with van der Waals surface area (Å²) in [5, 5.41) is 7.12. The third-order valence-electron chi connectivity index (χ3n) is 4.64. The Labute approximate surface area is 174 Å². The van der Waals surface area contributed by atoms with Gasteiger partial charge in [0.2, 0.25) is 0 Å². The standard InChI is InChI=1S/C17H18N2O3S.C2HF3O2/c20-16(14-3-5-21-9-14)19-11-17(12-19)6-15(10-23-17)22-8-13-2-1-4-18-7-13;3-2(4,5)1(6)7/h1-5,7,9,15H,6,8,10-12H2;(H,6,7). The summed E-state index contributed by atoms with van der Waals surface area (Å²) in [6, 6.07) is 5.67. The molecule has 11 heteroatoms. The number of hydrogen-bond acceptors (Lipinski definition) is 6. The third-order valence-corrected chi connectivity index (χ3v) is 6.22. The first-order chi connectivity index (χ1) is 14.2. The maximum atomic E-state index is 12.2. The van der Waals surface area contributed by atoms with Crippen LogP contribution in [-0.2, 0) is 16.1 Å². The molecule has 2 aromatic heterocycles. The lowest BCUT2D eigenvalue weighted by atomic mass is 9.92. The number of thioether (sulfide) groups is 1. The molecule has 0 radical (unpaired) electrons. The smallest absolute Gasteiger partial charge is 0.475 e. The van der Waals surface area contributed by atoms with Crippen LogP contribution in [0, 0.1) is 0 Å². The van der Waals surface area contributed by atoms with Crippen molar-refractivity contribution in [2.24, 2.45) is 0 Å². The number of hydrogen-bond donors (Lipinski definition) is 1. The quantitative estimate of drug-likeness (QED) is 0.774. The predicted molar refractivity (Wildman–Crippen MR) is 101 cm³/mol. The van der Waals surface area contributed by atoms with E-state index in [0.29, 0.717) is 12.2 Å². The molecule has 2 aliphatic heterocycles. The summed E-state index contributed by atoms with van der Waals surface area (Å²) < 4.78 is 42.9. The number of halogens is 3. The van der Waals surface area contributed by atoms with Gasteiger partial charge in [0.1, 0.15) is 6.26 Å². The number of likely N-dealkylation sites (tertiary alicyclic amines) is 1. The van der Waals surface area contributed by atoms with E-state index in [2.05, 4.69) is 4.98 Å². The number of ether oxygens (including phenoxy) is 1. The van der Waals surface area contributed by atoms with Crippen LogP contribution in [0.4, 0.5) is 13.2 Å². The Balaban J connectivity index is 0.000000318. The van der Waals surface area contributed by atoms with Gasteiger partial charge in [0.25, 0.3) is 5.91 Å². The maximum Gasteiger partial charge on any atom is 0.490 e. The molecule has 1 spiro atoms. The molecule has 2 aromatic rings. The van der Waals surface area contributed by atoms with Gasteiger partial charge < -0.3 is 19.2 Å². The SMILES string of the molecule is O=C(O)C(F)(F)F.O=C(c1ccoc1)N1CC2(CC(OCc3cccnc3)CS2)C1. The second kappa shape index (κ2) is 9.09. The van der Waals surface area contributed by atoms with Gasteiger partial charge in [-0.2, -0.15) is 13.2 Å². The molecular formula is C19H19F3N2O5S. The summed E-state index contributed by atoms with van der Waals surface area (Å²) in [5.41, 5.74) is 1.73. The number of furan rings is 1. The molecule has 2 aliphatic rings. The van der Waals surface area contributed by atoms with Crippen molar-refractivity contribution in [1.29, 1.82) is 0 Å². The molecule has 2 saturated heterocycles. The lowest BCUT2D eigenvalue weighted by Crippen LogP contribution is -2.60. The first-order valence-electron chi connectivity index (χ1n) is 8.95. The van der Waals surface area contributed by atoms with Gasteiger partial charge in [0.05, 0.1) is 29.3 Å². The summed E-state index contributed by atoms with van der Waals surface area (Å²) in [7, 11) is 0. The van der Waals surface area contributed by atoms with Gasteiger partial charge in [-0.15, -0.1) is 11.8 Å². The summed E-state index contributed by atoms with van der Waals surface area (Å²) >= 11 is 1.94. The Bertz CT molecular complexity index is 855. The van der Waals surface area contributed by atoms with E-state index >= 15 is 0 Å². The molecule has 0 bridgehead atoms. The van der Waals surface area contributed by atoms with E-state index in [9.17, 15) is 18.0 Å². The first-order valence-corrected chi connectivity index (χ1v) is 9.93. The van der Waals surface area contributed by atoms with Crippen LogP contribution >= 0.6 is 11.8 Å². The van der Waals surface area contributed by atoms with Gasteiger partial charge in [0.15, 0.2) is 0 Å². The predicted octanol–water partition coefficient (Wildman–Crippen LogP) is 3.22. The molecule has 30 heavy (non-hydrogen) atoms. The number of amides is 1. The largest absolute Gasteiger partial charge is 0.490 e. The number of nitrogens with zero attached hydrogens (tertiary/aromatic N) is 2. The topological polar surface area (TPSA) is 92.9 Å². The van der Waals surface area contributed by atoms with Crippen LogP contribution < -0.4 is 0 Å². The van der Waals surface area contributed by atoms with Gasteiger partial charge in [-0.05, 0) is 24.1 Å². The summed E-state index contributed by atoms with van der Waals surface area (Å²) in [6.07, 6.45) is 2.83. The van der Waals surface area contributed by atoms with Crippen LogP contribution in [0.2, 0.25) is 0 Å². The average Bonchev–Trinajstić information content (AvgIpc) is 3.35. The number of carbonyl (C=O) groups is 2. The molecular weight excluding hydrogens is 425 g/mol. The second-order valence-electron chi connectivity index (χ2n) is 6.97. The fourth-order valence-corrected chi connectivity index (χ4v) is 4.74. The Kier molecular flexibility index (Phi) is 6.71. The maximum absolute atomic E-state index is 12.2. The minimum atomic E-state index is -5.08. The number of rotatable bonds is 4. The van der Waals surface area contributed by atoms with Crippen molar-refractivity contribution in [3.8, 4) is 0 Å². The minimum absolute atomic E-state index is 0.0599. The normalized spacial score (nSPS) is 19.7. The van der Waals surface area contributed by atoms with E-state index < -0.39 is 12.1 Å². The van der Waals surface area contributed by atoms with Gasteiger partial charge in [0, 0.05) is 31.2 Å². The fourth-order valence-electron chi connectivity index (χ4n) is 3.19. The number of aromatic nitrogens is 1. The number of alkyl halides is 3. The van der Waals surface area contributed by atoms with Crippen LogP contribution in [-0.4, -0.2) is 62.7 Å². The highest BCUT2D eigenvalue weighted by Crippen LogP contribution is 2.46. The Morgan fingerprint density at radius 3 is 2.67 bits per heavy atom. The molecule has 0 saturated carbocycles. The molecule has 4 rings (SSSR count). The molecule has 4 heterocycles. The lowest BCUT2D eigenvalue weighted by Gasteiger charge is -2.47. The number of pyridine rings is 1. The first kappa shape index (κ1) is 22.2. The third kappa shape index (κ3) is 5.54. The van der Waals surface area contributed by atoms with Crippen LogP contribution in [0.15, 0.2) is 47.5 Å². The molecule has 0 aromatic carbocycles. The van der Waals surface area contributed by atoms with Crippen LogP contribution in [0.1, 0.15) is 22.3 Å². The average molecular weight is 444 g/mol. The summed E-state index contributed by atoms with van der Waals surface area (Å²) in [5.74, 6) is -1.70. The molecule has 1 amide bonds. The lowest BCUT2D eigenvalue weighted by molar-refractivity contribution is -0.192. The zero-order valence-electron chi connectivity index (χ0n) is 15.7. The molecule has 1 N–H and O–H groups in total. The van der Waals surface area contributed by atoms with Crippen molar-refractivity contribution >= 4 is 23.6 Å². The van der Waals surface area contributed by atoms with Crippen molar-refractivity contribution in [3.05, 3.63) is 54.2 Å². The van der Waals surface area contributed by atoms with E-state index in [0.717, 1.165) is 30.8 Å². The van der Waals surface area contributed by atoms with E-state index in [1.807, 2.05) is 35.0 Å². The van der Waals surface area contributed by atoms with Crippen molar-refractivity contribution in [2.75, 3.05) is 18.8 Å². The van der Waals surface area contributed by atoms with Crippen molar-refractivity contribution in [1.82, 2.24) is 9.88 Å². The Hall–Kier alpha value is -2.53. The Morgan fingerprint density at radius 1 is 1.37 bits per heavy atom. The zero-order chi connectivity index (χ0) is 21.8. The van der Waals surface area contributed by atoms with Crippen LogP contribution in [0.5, 0.6) is 0 Å². The molecule has 2 fully saturated rings. The van der Waals surface area contributed by atoms with Crippen molar-refractivity contribution in [2.45, 2.75) is 30.1 Å². The van der Waals surface area contributed by atoms with E-state index in [4.69, 9.17) is 19.1 Å². The fraction of sp³-hybridized carbons (Fsp3) is 0.421. The molecule has 162 valence electrons. The summed E-state index contributed by atoms with van der Waals surface area (Å²) in [4.78, 5) is 27.1. The van der Waals surface area contributed by atoms with Crippen LogP contribution in [0.3, 0.4) is 0 Å². The number of carboxylic acids is 1. The Morgan fingerprint density at radius 2 is 2.10 bits per heavy atom. The molecule has 7 nitrogen and oxygen atoms in total. The van der Waals surface area contributed by atoms with Crippen molar-refractivity contribution < 1.29 is 37.0 Å². The monoisotopic (exact) mass is 444 g/mol. The highest BCUT2D eigenvalue weighted by atomic mass is 32.2. The van der Waals surface area contributed by atoms with E-state index in [1.54, 1.807) is 12.3 Å². The van der Waals surface area contributed by atoms with Crippen molar-refractivity contribution in [3.63, 3.8) is 0 Å². The second-order valence-corrected chi connectivity index (χ2v) is 8.46. The minimum Gasteiger partial charge on any atom is -0.475 e. The van der Waals surface area contributed by atoms with E-state index in [1.165, 1.54) is 12.5 Å². The van der Waals surface area contributed by atoms with Gasteiger partial charge in [-0.3, -0.25) is 9.78 Å². The molecule has 1 unspecified atom stereocenters. The highest BCUT2D eigenvalue weighted by Gasteiger charge is 2.51. The van der Waals surface area contributed by atoms with Gasteiger partial charge in [-0.1, -0.05) is 6.07 Å². The van der Waals surface area contributed by atoms with E-state index in [-0.39, 0.29) is 16.8 Å². The molecule has 1 atom stereocenters. The number of carboxylic acid groups (broad SMARTS) is 1. The molecule has 0 aliphatic carbocycles.